The van der Waals surface area contributed by atoms with Crippen molar-refractivity contribution in [1.82, 2.24) is 10.2 Å². The molecule has 0 spiro atoms. The molecular formula is C25H31FN2O5. The van der Waals surface area contributed by atoms with Crippen LogP contribution in [0.1, 0.15) is 49.5 Å². The fraction of sp³-hybridized carbons (Fsp3) is 0.440. The number of hydrogen-bond donors (Lipinski definition) is 2. The molecule has 1 fully saturated rings. The van der Waals surface area contributed by atoms with Gasteiger partial charge in [0.25, 0.3) is 5.91 Å². The molecule has 0 radical (unpaired) electrons. The van der Waals surface area contributed by atoms with Crippen molar-refractivity contribution in [3.63, 3.8) is 0 Å². The maximum atomic E-state index is 14.0. The smallest absolute Gasteiger partial charge is 0.410 e. The molecule has 2 N–H and O–H groups in total. The maximum absolute atomic E-state index is 14.0. The maximum Gasteiger partial charge on any atom is 0.410 e. The predicted molar refractivity (Wildman–Crippen MR) is 121 cm³/mol. The second-order valence-electron chi connectivity index (χ2n) is 9.13. The molecule has 1 saturated heterocycles. The molecule has 7 nitrogen and oxygen atoms in total. The van der Waals surface area contributed by atoms with E-state index in [2.05, 4.69) is 5.32 Å². The Hall–Kier alpha value is -3.13. The Morgan fingerprint density at radius 1 is 1.18 bits per heavy atom. The molecule has 1 heterocycles. The summed E-state index contributed by atoms with van der Waals surface area (Å²) in [5.41, 5.74) is 0.263. The third kappa shape index (κ3) is 7.18. The average molecular weight is 459 g/mol. The normalized spacial score (nSPS) is 18.9. The van der Waals surface area contributed by atoms with Gasteiger partial charge in [0.2, 0.25) is 0 Å². The first-order valence-corrected chi connectivity index (χ1v) is 11.1. The van der Waals surface area contributed by atoms with E-state index in [4.69, 9.17) is 9.47 Å². The number of likely N-dealkylation sites (tertiary alicyclic amines) is 1. The lowest BCUT2D eigenvalue weighted by molar-refractivity contribution is 0.0223. The standard InChI is InChI=1S/C25H31FN2O5/c1-25(2,3)33-24(31)28-13-7-10-21(29)20(15-28)27-23(30)19-14-18(26)11-12-22(19)32-16-17-8-5-4-6-9-17/h4-6,8-9,11-12,14,20-21,29H,7,10,13,15-16H2,1-3H3,(H,27,30)/t20-,21-/m1/s1. The highest BCUT2D eigenvalue weighted by molar-refractivity contribution is 5.97. The molecule has 0 aliphatic carbocycles. The Balaban J connectivity index is 1.73. The zero-order valence-electron chi connectivity index (χ0n) is 19.2. The molecule has 1 aliphatic heterocycles. The molecule has 0 saturated carbocycles. The van der Waals surface area contributed by atoms with Crippen LogP contribution in [0, 0.1) is 5.82 Å². The molecule has 1 aliphatic rings. The largest absolute Gasteiger partial charge is 0.488 e. The summed E-state index contributed by atoms with van der Waals surface area (Å²) in [5, 5.41) is 13.3. The van der Waals surface area contributed by atoms with E-state index < -0.39 is 35.6 Å². The van der Waals surface area contributed by atoms with Gasteiger partial charge in [-0.25, -0.2) is 9.18 Å². The van der Waals surface area contributed by atoms with Crippen LogP contribution in [-0.4, -0.2) is 52.8 Å². The molecule has 2 amide bonds. The van der Waals surface area contributed by atoms with E-state index >= 15 is 0 Å². The Morgan fingerprint density at radius 2 is 1.91 bits per heavy atom. The number of nitrogens with zero attached hydrogens (tertiary/aromatic N) is 1. The highest BCUT2D eigenvalue weighted by Gasteiger charge is 2.32. The predicted octanol–water partition coefficient (Wildman–Crippen LogP) is 3.89. The van der Waals surface area contributed by atoms with Crippen LogP contribution >= 0.6 is 0 Å². The number of benzene rings is 2. The Bertz CT molecular complexity index is 961. The molecule has 2 aromatic rings. The van der Waals surface area contributed by atoms with Crippen molar-refractivity contribution in [2.24, 2.45) is 0 Å². The van der Waals surface area contributed by atoms with E-state index in [1.54, 1.807) is 20.8 Å². The Labute approximate surface area is 193 Å². The van der Waals surface area contributed by atoms with Gasteiger partial charge in [-0.1, -0.05) is 30.3 Å². The molecule has 8 heteroatoms. The van der Waals surface area contributed by atoms with Gasteiger partial charge in [-0.05, 0) is 57.4 Å². The van der Waals surface area contributed by atoms with Crippen molar-refractivity contribution in [2.75, 3.05) is 13.1 Å². The number of aliphatic hydroxyl groups excluding tert-OH is 1. The van der Waals surface area contributed by atoms with Gasteiger partial charge in [0.05, 0.1) is 17.7 Å². The van der Waals surface area contributed by atoms with Crippen molar-refractivity contribution in [3.8, 4) is 5.75 Å². The van der Waals surface area contributed by atoms with Gasteiger partial charge in [0, 0.05) is 13.1 Å². The first kappa shape index (κ1) is 24.5. The minimum Gasteiger partial charge on any atom is -0.488 e. The molecule has 2 aromatic carbocycles. The third-order valence-electron chi connectivity index (χ3n) is 5.20. The van der Waals surface area contributed by atoms with Gasteiger partial charge in [0.1, 0.15) is 23.8 Å². The van der Waals surface area contributed by atoms with Crippen LogP contribution in [0.2, 0.25) is 0 Å². The van der Waals surface area contributed by atoms with E-state index in [-0.39, 0.29) is 24.5 Å². The molecule has 0 bridgehead atoms. The number of halogens is 1. The van der Waals surface area contributed by atoms with Gasteiger partial charge in [-0.3, -0.25) is 4.79 Å². The van der Waals surface area contributed by atoms with E-state index in [0.717, 1.165) is 11.6 Å². The molecule has 3 rings (SSSR count). The summed E-state index contributed by atoms with van der Waals surface area (Å²) in [4.78, 5) is 27.1. The fourth-order valence-electron chi connectivity index (χ4n) is 3.56. The van der Waals surface area contributed by atoms with E-state index in [9.17, 15) is 19.1 Å². The lowest BCUT2D eigenvalue weighted by Crippen LogP contribution is -2.50. The molecule has 33 heavy (non-hydrogen) atoms. The number of rotatable bonds is 5. The van der Waals surface area contributed by atoms with Gasteiger partial charge in [0.15, 0.2) is 0 Å². The van der Waals surface area contributed by atoms with Crippen molar-refractivity contribution < 1.29 is 28.6 Å². The van der Waals surface area contributed by atoms with Crippen molar-refractivity contribution in [1.29, 1.82) is 0 Å². The van der Waals surface area contributed by atoms with E-state index in [1.807, 2.05) is 30.3 Å². The minimum atomic E-state index is -0.858. The van der Waals surface area contributed by atoms with E-state index in [0.29, 0.717) is 19.4 Å². The SMILES string of the molecule is CC(C)(C)OC(=O)N1CCC[C@@H](O)[C@H](NC(=O)c2cc(F)ccc2OCc2ccccc2)C1. The summed E-state index contributed by atoms with van der Waals surface area (Å²) in [6, 6.07) is 12.4. The zero-order valence-corrected chi connectivity index (χ0v) is 19.2. The van der Waals surface area contributed by atoms with Crippen LogP contribution in [0.15, 0.2) is 48.5 Å². The summed E-state index contributed by atoms with van der Waals surface area (Å²) in [7, 11) is 0. The second kappa shape index (κ2) is 10.7. The lowest BCUT2D eigenvalue weighted by atomic mass is 10.1. The van der Waals surface area contributed by atoms with Gasteiger partial charge in [-0.15, -0.1) is 0 Å². The number of hydrogen-bond acceptors (Lipinski definition) is 5. The monoisotopic (exact) mass is 458 g/mol. The van der Waals surface area contributed by atoms with Crippen LogP contribution in [-0.2, 0) is 11.3 Å². The summed E-state index contributed by atoms with van der Waals surface area (Å²) < 4.78 is 25.2. The molecule has 0 unspecified atom stereocenters. The van der Waals surface area contributed by atoms with E-state index in [1.165, 1.54) is 17.0 Å². The number of carbonyl (C=O) groups excluding carboxylic acids is 2. The van der Waals surface area contributed by atoms with Gasteiger partial charge < -0.3 is 24.8 Å². The highest BCUT2D eigenvalue weighted by Crippen LogP contribution is 2.22. The van der Waals surface area contributed by atoms with Crippen molar-refractivity contribution in [3.05, 3.63) is 65.5 Å². The number of amides is 2. The van der Waals surface area contributed by atoms with Crippen LogP contribution < -0.4 is 10.1 Å². The lowest BCUT2D eigenvalue weighted by Gasteiger charge is -2.29. The highest BCUT2D eigenvalue weighted by atomic mass is 19.1. The first-order chi connectivity index (χ1) is 15.6. The molecular weight excluding hydrogens is 427 g/mol. The van der Waals surface area contributed by atoms with Crippen molar-refractivity contribution in [2.45, 2.75) is 58.0 Å². The molecule has 0 aromatic heterocycles. The number of nitrogens with one attached hydrogen (secondary N) is 1. The average Bonchev–Trinajstić information content (AvgIpc) is 2.94. The zero-order chi connectivity index (χ0) is 24.0. The summed E-state index contributed by atoms with van der Waals surface area (Å²) in [5.74, 6) is -0.943. The Morgan fingerprint density at radius 3 is 2.61 bits per heavy atom. The molecule has 2 atom stereocenters. The van der Waals surface area contributed by atoms with Crippen LogP contribution in [0.25, 0.3) is 0 Å². The van der Waals surface area contributed by atoms with Gasteiger partial charge >= 0.3 is 6.09 Å². The quantitative estimate of drug-likeness (QED) is 0.710. The summed E-state index contributed by atoms with van der Waals surface area (Å²) in [6.45, 7) is 6.03. The van der Waals surface area contributed by atoms with Crippen LogP contribution in [0.5, 0.6) is 5.75 Å². The topological polar surface area (TPSA) is 88.1 Å². The Kier molecular flexibility index (Phi) is 7.92. The van der Waals surface area contributed by atoms with Crippen molar-refractivity contribution >= 4 is 12.0 Å². The molecule has 178 valence electrons. The minimum absolute atomic E-state index is 0.0196. The van der Waals surface area contributed by atoms with Crippen LogP contribution in [0.4, 0.5) is 9.18 Å². The third-order valence-corrected chi connectivity index (χ3v) is 5.20. The fourth-order valence-corrected chi connectivity index (χ4v) is 3.56. The first-order valence-electron chi connectivity index (χ1n) is 11.1. The second-order valence-corrected chi connectivity index (χ2v) is 9.13. The number of aliphatic hydroxyl groups is 1. The van der Waals surface area contributed by atoms with Crippen LogP contribution in [0.3, 0.4) is 0 Å². The summed E-state index contributed by atoms with van der Waals surface area (Å²) in [6.07, 6.45) is -0.389. The number of carbonyl (C=O) groups is 2. The number of ether oxygens (including phenoxy) is 2. The summed E-state index contributed by atoms with van der Waals surface area (Å²) >= 11 is 0. The van der Waals surface area contributed by atoms with Gasteiger partial charge in [-0.2, -0.15) is 0 Å².